The van der Waals surface area contributed by atoms with Gasteiger partial charge in [0, 0.05) is 90.5 Å². The number of anilines is 2. The van der Waals surface area contributed by atoms with Crippen LogP contribution in [0.3, 0.4) is 0 Å². The van der Waals surface area contributed by atoms with E-state index in [4.69, 9.17) is 0 Å². The molecule has 2 aromatic carbocycles. The number of likely N-dealkylation sites (N-methyl/N-ethyl adjacent to an activating group) is 4. The summed E-state index contributed by atoms with van der Waals surface area (Å²) < 4.78 is 0. The summed E-state index contributed by atoms with van der Waals surface area (Å²) >= 11 is 0. The molecular weight excluding hydrogens is 917 g/mol. The molecule has 22 nitrogen and oxygen atoms in total. The molecule has 0 aliphatic heterocycles. The van der Waals surface area contributed by atoms with Crippen molar-refractivity contribution in [3.05, 3.63) is 55.6 Å². The fraction of sp³-hybridized carbons (Fsp3) is 0.625. The third kappa shape index (κ3) is 13.8. The van der Waals surface area contributed by atoms with E-state index in [2.05, 4.69) is 0 Å². The van der Waals surface area contributed by atoms with Crippen LogP contribution in [0.2, 0.25) is 0 Å². The topological polar surface area (TPSA) is 324 Å². The standard InChI is InChI=1S/C48H76N6O16/c1-13-36-40(46(68)51(11)17-34(64)21-57)26(3)38(44(66)49(9)15-32(62)19-55)28(5)42(36)53(30(7)60)23-48(70,25-59)24-54(31(8)61)43-29(6)39(45(67)50(10)16-33(63)20-56)27(4)41(37(43)14-2)47(69)52(12)18-35(65)22-58/h32-35,55-59,62-65,70H,13-25H2,1-12H3. The highest BCUT2D eigenvalue weighted by Crippen LogP contribution is 2.40. The summed E-state index contributed by atoms with van der Waals surface area (Å²) in [6.45, 7) is 4.83. The number of aliphatic hydroxyl groups excluding tert-OH is 9. The number of amides is 6. The molecule has 22 heteroatoms. The maximum absolute atomic E-state index is 14.4. The zero-order valence-corrected chi connectivity index (χ0v) is 42.6. The molecule has 0 fully saturated rings. The van der Waals surface area contributed by atoms with Gasteiger partial charge in [0.05, 0.1) is 81.9 Å². The number of carbonyl (C=O) groups excluding carboxylic acids is 6. The van der Waals surface area contributed by atoms with E-state index in [9.17, 15) is 79.8 Å². The van der Waals surface area contributed by atoms with Crippen LogP contribution in [-0.4, -0.2) is 237 Å². The number of nitrogens with zero attached hydrogens (tertiary/aromatic N) is 6. The minimum absolute atomic E-state index is 0.0245. The lowest BCUT2D eigenvalue weighted by Gasteiger charge is -2.40. The van der Waals surface area contributed by atoms with E-state index in [-0.39, 0.29) is 106 Å². The lowest BCUT2D eigenvalue weighted by atomic mass is 9.86. The van der Waals surface area contributed by atoms with E-state index in [0.717, 1.165) is 43.2 Å². The lowest BCUT2D eigenvalue weighted by molar-refractivity contribution is -0.118. The van der Waals surface area contributed by atoms with Gasteiger partial charge in [-0.15, -0.1) is 0 Å². The van der Waals surface area contributed by atoms with Crippen molar-refractivity contribution >= 4 is 46.8 Å². The highest BCUT2D eigenvalue weighted by atomic mass is 16.3. The second-order valence-corrected chi connectivity index (χ2v) is 18.0. The van der Waals surface area contributed by atoms with Crippen molar-refractivity contribution < 1.29 is 79.8 Å². The van der Waals surface area contributed by atoms with Gasteiger partial charge in [-0.25, -0.2) is 0 Å². The molecule has 0 aromatic heterocycles. The molecule has 6 amide bonds. The maximum Gasteiger partial charge on any atom is 0.254 e. The van der Waals surface area contributed by atoms with E-state index in [0.29, 0.717) is 0 Å². The molecule has 0 saturated carbocycles. The molecule has 0 saturated heterocycles. The summed E-state index contributed by atoms with van der Waals surface area (Å²) in [7, 11) is 5.42. The fourth-order valence-corrected chi connectivity index (χ4v) is 8.86. The summed E-state index contributed by atoms with van der Waals surface area (Å²) in [4.78, 5) is 92.3. The van der Waals surface area contributed by atoms with E-state index in [1.807, 2.05) is 0 Å². The predicted octanol–water partition coefficient (Wildman–Crippen LogP) is -2.12. The first-order chi connectivity index (χ1) is 32.6. The van der Waals surface area contributed by atoms with Crippen LogP contribution in [0.4, 0.5) is 11.4 Å². The van der Waals surface area contributed by atoms with Gasteiger partial charge >= 0.3 is 0 Å². The van der Waals surface area contributed by atoms with Gasteiger partial charge in [0.2, 0.25) is 11.8 Å². The number of aliphatic hydroxyl groups is 10. The van der Waals surface area contributed by atoms with Gasteiger partial charge < -0.3 is 80.5 Å². The van der Waals surface area contributed by atoms with Crippen molar-refractivity contribution in [2.45, 2.75) is 98.2 Å². The third-order valence-corrected chi connectivity index (χ3v) is 12.4. The Hall–Kier alpha value is -5.14. The minimum atomic E-state index is -2.47. The molecule has 4 unspecified atom stereocenters. The SMILES string of the molecule is CCc1c(C(=O)N(C)CC(O)CO)c(C)c(C(=O)N(C)CC(O)CO)c(C)c1N(CC(O)(CO)CN(C(C)=O)c1c(C)c(C(=O)N(C)CC(O)CO)c(C)c(C(=O)N(C)CC(O)CO)c1CC)C(C)=O. The Labute approximate surface area is 409 Å². The van der Waals surface area contributed by atoms with Crippen molar-refractivity contribution in [2.75, 3.05) is 110 Å². The van der Waals surface area contributed by atoms with Crippen LogP contribution < -0.4 is 9.80 Å². The van der Waals surface area contributed by atoms with Crippen LogP contribution >= 0.6 is 0 Å². The number of rotatable bonds is 25. The molecule has 0 heterocycles. The Morgan fingerprint density at radius 2 is 0.700 bits per heavy atom. The monoisotopic (exact) mass is 993 g/mol. The van der Waals surface area contributed by atoms with Crippen molar-refractivity contribution in [2.24, 2.45) is 0 Å². The van der Waals surface area contributed by atoms with Crippen LogP contribution in [0.25, 0.3) is 0 Å². The molecule has 0 spiro atoms. The average Bonchev–Trinajstić information content (AvgIpc) is 3.31. The van der Waals surface area contributed by atoms with Crippen LogP contribution in [-0.2, 0) is 22.4 Å². The smallest absolute Gasteiger partial charge is 0.254 e. The van der Waals surface area contributed by atoms with Gasteiger partial charge in [0.25, 0.3) is 23.6 Å². The number of hydrogen-bond donors (Lipinski definition) is 10. The van der Waals surface area contributed by atoms with Crippen molar-refractivity contribution in [1.29, 1.82) is 0 Å². The largest absolute Gasteiger partial charge is 0.394 e. The first-order valence-electron chi connectivity index (χ1n) is 23.0. The number of benzene rings is 2. The maximum atomic E-state index is 14.4. The first-order valence-corrected chi connectivity index (χ1v) is 23.0. The van der Waals surface area contributed by atoms with E-state index in [1.54, 1.807) is 13.8 Å². The van der Waals surface area contributed by atoms with E-state index in [1.165, 1.54) is 55.9 Å². The van der Waals surface area contributed by atoms with Gasteiger partial charge in [-0.3, -0.25) is 28.8 Å². The Balaban J connectivity index is 3.17. The molecule has 0 radical (unpaired) electrons. The van der Waals surface area contributed by atoms with Gasteiger partial charge in [-0.2, -0.15) is 0 Å². The summed E-state index contributed by atoms with van der Waals surface area (Å²) in [6.07, 6.45) is -5.31. The third-order valence-electron chi connectivity index (χ3n) is 12.4. The molecule has 70 heavy (non-hydrogen) atoms. The van der Waals surface area contributed by atoms with Crippen LogP contribution in [0.1, 0.15) is 103 Å². The highest BCUT2D eigenvalue weighted by Gasteiger charge is 2.41. The Bertz CT molecular complexity index is 2070. The summed E-state index contributed by atoms with van der Waals surface area (Å²) in [6, 6.07) is 0. The molecule has 394 valence electrons. The Morgan fingerprint density at radius 1 is 0.457 bits per heavy atom. The summed E-state index contributed by atoms with van der Waals surface area (Å²) in [5, 5.41) is 103. The van der Waals surface area contributed by atoms with E-state index >= 15 is 0 Å². The zero-order valence-electron chi connectivity index (χ0n) is 42.6. The highest BCUT2D eigenvalue weighted by molar-refractivity contribution is 6.10. The summed E-state index contributed by atoms with van der Waals surface area (Å²) in [5.41, 5.74) is -1.84. The Morgan fingerprint density at radius 3 is 0.900 bits per heavy atom. The molecule has 0 bridgehead atoms. The second kappa shape index (κ2) is 26.3. The van der Waals surface area contributed by atoms with Crippen molar-refractivity contribution in [3.63, 3.8) is 0 Å². The number of carbonyl (C=O) groups is 6. The lowest BCUT2D eigenvalue weighted by Crippen LogP contribution is -2.56. The molecule has 4 atom stereocenters. The zero-order chi connectivity index (χ0) is 53.9. The fourth-order valence-electron chi connectivity index (χ4n) is 8.86. The quantitative estimate of drug-likeness (QED) is 0.0508. The van der Waals surface area contributed by atoms with Gasteiger partial charge in [-0.05, 0) is 73.9 Å². The van der Waals surface area contributed by atoms with Gasteiger partial charge in [-0.1, -0.05) is 13.8 Å². The molecular formula is C48H76N6O16. The average molecular weight is 993 g/mol. The van der Waals surface area contributed by atoms with Crippen molar-refractivity contribution in [3.8, 4) is 0 Å². The second-order valence-electron chi connectivity index (χ2n) is 18.0. The van der Waals surface area contributed by atoms with Crippen LogP contribution in [0, 0.1) is 27.7 Å². The summed E-state index contributed by atoms with van der Waals surface area (Å²) in [5.74, 6) is -4.40. The first kappa shape index (κ1) is 61.0. The molecule has 2 rings (SSSR count). The molecule has 0 aliphatic carbocycles. The molecule has 2 aromatic rings. The molecule has 10 N–H and O–H groups in total. The van der Waals surface area contributed by atoms with Crippen molar-refractivity contribution in [1.82, 2.24) is 19.6 Å². The number of hydrogen-bond acceptors (Lipinski definition) is 16. The predicted molar refractivity (Wildman–Crippen MR) is 259 cm³/mol. The minimum Gasteiger partial charge on any atom is -0.394 e. The van der Waals surface area contributed by atoms with Crippen LogP contribution in [0.5, 0.6) is 0 Å². The van der Waals surface area contributed by atoms with Crippen LogP contribution in [0.15, 0.2) is 0 Å². The van der Waals surface area contributed by atoms with Gasteiger partial charge in [0.15, 0.2) is 0 Å². The Kier molecular flexibility index (Phi) is 23.0. The molecule has 0 aliphatic rings. The normalized spacial score (nSPS) is 14.0. The van der Waals surface area contributed by atoms with Gasteiger partial charge in [0.1, 0.15) is 5.60 Å². The van der Waals surface area contributed by atoms with E-state index < -0.39 is 112 Å².